The zero-order chi connectivity index (χ0) is 11.5. The van der Waals surface area contributed by atoms with Crippen LogP contribution >= 0.6 is 0 Å². The largest absolute Gasteiger partial charge is 0.414 e. The predicted molar refractivity (Wildman–Crippen MR) is 65.4 cm³/mol. The van der Waals surface area contributed by atoms with Crippen LogP contribution in [0.15, 0.2) is 0 Å². The normalized spacial score (nSPS) is 27.3. The first kappa shape index (κ1) is 12.9. The van der Waals surface area contributed by atoms with Crippen molar-refractivity contribution in [3.8, 4) is 0 Å². The van der Waals surface area contributed by atoms with Gasteiger partial charge in [-0.25, -0.2) is 0 Å². The number of hydrogen-bond donors (Lipinski definition) is 0. The Morgan fingerprint density at radius 3 is 2.53 bits per heavy atom. The van der Waals surface area contributed by atoms with Gasteiger partial charge in [-0.05, 0) is 44.3 Å². The van der Waals surface area contributed by atoms with Crippen LogP contribution in [0.1, 0.15) is 33.1 Å². The first-order valence-corrected chi connectivity index (χ1v) is 9.17. The van der Waals surface area contributed by atoms with Crippen molar-refractivity contribution in [2.24, 2.45) is 11.8 Å². The molecule has 0 bridgehead atoms. The Labute approximate surface area is 94.5 Å². The van der Waals surface area contributed by atoms with Gasteiger partial charge in [-0.2, -0.15) is 0 Å². The highest BCUT2D eigenvalue weighted by molar-refractivity contribution is 6.71. The van der Waals surface area contributed by atoms with Gasteiger partial charge in [-0.15, -0.1) is 0 Å². The molecule has 2 atom stereocenters. The molecule has 1 aliphatic carbocycles. The topological polar surface area (TPSA) is 26.3 Å². The van der Waals surface area contributed by atoms with Crippen LogP contribution in [0.4, 0.5) is 0 Å². The number of hydrogen-bond acceptors (Lipinski definition) is 2. The van der Waals surface area contributed by atoms with Crippen molar-refractivity contribution < 1.29 is 9.22 Å². The summed E-state index contributed by atoms with van der Waals surface area (Å²) in [6, 6.07) is 1.22. The van der Waals surface area contributed by atoms with Gasteiger partial charge < -0.3 is 9.22 Å². The molecule has 3 heteroatoms. The Kier molecular flexibility index (Phi) is 4.53. The Morgan fingerprint density at radius 1 is 1.40 bits per heavy atom. The van der Waals surface area contributed by atoms with E-state index in [0.29, 0.717) is 6.10 Å². The van der Waals surface area contributed by atoms with E-state index in [9.17, 15) is 4.79 Å². The quantitative estimate of drug-likeness (QED) is 0.533. The lowest BCUT2D eigenvalue weighted by Gasteiger charge is -2.28. The van der Waals surface area contributed by atoms with Gasteiger partial charge in [-0.1, -0.05) is 13.8 Å². The summed E-state index contributed by atoms with van der Waals surface area (Å²) in [5, 5.41) is 0. The van der Waals surface area contributed by atoms with Gasteiger partial charge in [0.2, 0.25) is 0 Å². The molecule has 1 fully saturated rings. The van der Waals surface area contributed by atoms with Crippen molar-refractivity contribution >= 4 is 14.6 Å². The molecular weight excluding hydrogens is 204 g/mol. The van der Waals surface area contributed by atoms with Crippen molar-refractivity contribution in [3.63, 3.8) is 0 Å². The molecule has 0 aliphatic heterocycles. The summed E-state index contributed by atoms with van der Waals surface area (Å²) in [7, 11) is -1.49. The van der Waals surface area contributed by atoms with Crippen LogP contribution in [-0.4, -0.2) is 20.7 Å². The van der Waals surface area contributed by atoms with E-state index in [1.165, 1.54) is 6.04 Å². The molecule has 0 saturated heterocycles. The number of aldehydes is 1. The molecule has 0 aromatic heterocycles. The van der Waals surface area contributed by atoms with E-state index in [1.54, 1.807) is 0 Å². The molecule has 0 heterocycles. The number of carbonyl (C=O) groups excluding carboxylic acids is 1. The third-order valence-electron chi connectivity index (χ3n) is 3.00. The summed E-state index contributed by atoms with van der Waals surface area (Å²) in [6.45, 7) is 9.09. The fraction of sp³-hybridized carbons (Fsp3) is 0.917. The Bertz CT molecular complexity index is 214. The Morgan fingerprint density at radius 2 is 2.07 bits per heavy atom. The second kappa shape index (κ2) is 5.26. The molecule has 1 saturated carbocycles. The SMILES string of the molecule is CC(C)C[Si](C)(C)OC1CC[C@H](C=O)C1. The minimum atomic E-state index is -1.49. The Hall–Kier alpha value is -0.153. The van der Waals surface area contributed by atoms with Crippen molar-refractivity contribution in [1.82, 2.24) is 0 Å². The molecule has 0 spiro atoms. The summed E-state index contributed by atoms with van der Waals surface area (Å²) >= 11 is 0. The molecule has 0 amide bonds. The number of carbonyl (C=O) groups is 1. The molecule has 1 aliphatic rings. The Balaban J connectivity index is 2.37. The van der Waals surface area contributed by atoms with Gasteiger partial charge in [0.05, 0.1) is 0 Å². The minimum absolute atomic E-state index is 0.263. The van der Waals surface area contributed by atoms with E-state index in [-0.39, 0.29) is 5.92 Å². The standard InChI is InChI=1S/C12H24O2Si/c1-10(2)9-15(3,4)14-12-6-5-11(7-12)8-13/h8,10-12H,5-7,9H2,1-4H3/t11-,12?/m0/s1. The van der Waals surface area contributed by atoms with Crippen LogP contribution in [0.25, 0.3) is 0 Å². The van der Waals surface area contributed by atoms with Crippen LogP contribution in [0.3, 0.4) is 0 Å². The maximum absolute atomic E-state index is 10.7. The summed E-state index contributed by atoms with van der Waals surface area (Å²) in [6.07, 6.45) is 4.53. The molecule has 2 nitrogen and oxygen atoms in total. The van der Waals surface area contributed by atoms with Gasteiger partial charge in [-0.3, -0.25) is 0 Å². The lowest BCUT2D eigenvalue weighted by Crippen LogP contribution is -2.35. The fourth-order valence-electron chi connectivity index (χ4n) is 2.69. The molecule has 0 aromatic carbocycles. The van der Waals surface area contributed by atoms with Crippen LogP contribution in [0, 0.1) is 11.8 Å². The zero-order valence-electron chi connectivity index (χ0n) is 10.5. The monoisotopic (exact) mass is 228 g/mol. The molecule has 0 aromatic rings. The van der Waals surface area contributed by atoms with Gasteiger partial charge >= 0.3 is 0 Å². The summed E-state index contributed by atoms with van der Waals surface area (Å²) < 4.78 is 6.22. The van der Waals surface area contributed by atoms with Crippen molar-refractivity contribution in [2.45, 2.75) is 58.4 Å². The summed E-state index contributed by atoms with van der Waals surface area (Å²) in [4.78, 5) is 10.7. The van der Waals surface area contributed by atoms with Crippen LogP contribution in [0.2, 0.25) is 19.1 Å². The lowest BCUT2D eigenvalue weighted by molar-refractivity contribution is -0.111. The minimum Gasteiger partial charge on any atom is -0.414 e. The highest BCUT2D eigenvalue weighted by Crippen LogP contribution is 2.30. The molecule has 0 N–H and O–H groups in total. The van der Waals surface area contributed by atoms with E-state index in [2.05, 4.69) is 26.9 Å². The smallest absolute Gasteiger partial charge is 0.187 e. The zero-order valence-corrected chi connectivity index (χ0v) is 11.5. The summed E-state index contributed by atoms with van der Waals surface area (Å²) in [5.74, 6) is 0.980. The molecule has 1 rings (SSSR count). The van der Waals surface area contributed by atoms with Gasteiger partial charge in [0.1, 0.15) is 6.29 Å². The van der Waals surface area contributed by atoms with Crippen LogP contribution < -0.4 is 0 Å². The fourth-order valence-corrected chi connectivity index (χ4v) is 5.87. The number of rotatable bonds is 5. The van der Waals surface area contributed by atoms with Crippen molar-refractivity contribution in [3.05, 3.63) is 0 Å². The third kappa shape index (κ3) is 4.47. The van der Waals surface area contributed by atoms with Gasteiger partial charge in [0, 0.05) is 12.0 Å². The van der Waals surface area contributed by atoms with Gasteiger partial charge in [0.15, 0.2) is 8.32 Å². The lowest BCUT2D eigenvalue weighted by atomic mass is 10.1. The first-order valence-electron chi connectivity index (χ1n) is 6.06. The van der Waals surface area contributed by atoms with E-state index in [1.807, 2.05) is 0 Å². The van der Waals surface area contributed by atoms with E-state index < -0.39 is 8.32 Å². The third-order valence-corrected chi connectivity index (χ3v) is 5.77. The second-order valence-corrected chi connectivity index (χ2v) is 9.97. The van der Waals surface area contributed by atoms with Gasteiger partial charge in [0.25, 0.3) is 0 Å². The van der Waals surface area contributed by atoms with Crippen LogP contribution in [-0.2, 0) is 9.22 Å². The molecule has 1 unspecified atom stereocenters. The maximum Gasteiger partial charge on any atom is 0.187 e. The summed E-state index contributed by atoms with van der Waals surface area (Å²) in [5.41, 5.74) is 0. The second-order valence-electron chi connectivity index (χ2n) is 5.81. The average molecular weight is 228 g/mol. The maximum atomic E-state index is 10.7. The highest BCUT2D eigenvalue weighted by Gasteiger charge is 2.32. The van der Waals surface area contributed by atoms with E-state index in [4.69, 9.17) is 4.43 Å². The van der Waals surface area contributed by atoms with E-state index >= 15 is 0 Å². The highest BCUT2D eigenvalue weighted by atomic mass is 28.4. The average Bonchev–Trinajstić information content (AvgIpc) is 2.48. The predicted octanol–water partition coefficient (Wildman–Crippen LogP) is 3.23. The van der Waals surface area contributed by atoms with E-state index in [0.717, 1.165) is 31.5 Å². The first-order chi connectivity index (χ1) is 6.93. The molecular formula is C12H24O2Si. The van der Waals surface area contributed by atoms with Crippen molar-refractivity contribution in [1.29, 1.82) is 0 Å². The molecule has 0 radical (unpaired) electrons. The molecule has 88 valence electrons. The van der Waals surface area contributed by atoms with Crippen molar-refractivity contribution in [2.75, 3.05) is 0 Å². The molecule has 15 heavy (non-hydrogen) atoms. The van der Waals surface area contributed by atoms with Crippen LogP contribution in [0.5, 0.6) is 0 Å².